The lowest BCUT2D eigenvalue weighted by atomic mass is 9.81. The van der Waals surface area contributed by atoms with Crippen LogP contribution in [0.1, 0.15) is 103 Å². The van der Waals surface area contributed by atoms with Crippen LogP contribution in [0, 0.1) is 0 Å². The zero-order valence-electron chi connectivity index (χ0n) is 20.8. The molecule has 0 radical (unpaired) electrons. The van der Waals surface area contributed by atoms with Crippen LogP contribution in [0.5, 0.6) is 5.75 Å². The molecule has 2 atom stereocenters. The largest absolute Gasteiger partial charge is 0.482 e. The third-order valence-electron chi connectivity index (χ3n) is 6.54. The van der Waals surface area contributed by atoms with Crippen molar-refractivity contribution in [1.29, 1.82) is 0 Å². The summed E-state index contributed by atoms with van der Waals surface area (Å²) in [6, 6.07) is 13.4. The van der Waals surface area contributed by atoms with E-state index in [0.717, 1.165) is 17.6 Å². The number of hydrogen-bond acceptors (Lipinski definition) is 1. The molecule has 1 heterocycles. The molecular weight excluding hydrogens is 376 g/mol. The first-order valence-corrected chi connectivity index (χ1v) is 12.5. The van der Waals surface area contributed by atoms with E-state index in [2.05, 4.69) is 62.4 Å². The van der Waals surface area contributed by atoms with E-state index in [4.69, 9.17) is 4.74 Å². The van der Waals surface area contributed by atoms with E-state index >= 15 is 0 Å². The van der Waals surface area contributed by atoms with Crippen LogP contribution in [0.2, 0.25) is 0 Å². The summed E-state index contributed by atoms with van der Waals surface area (Å²) >= 11 is 0. The van der Waals surface area contributed by atoms with E-state index in [1.165, 1.54) is 46.4 Å². The van der Waals surface area contributed by atoms with Gasteiger partial charge in [0.15, 0.2) is 0 Å². The fourth-order valence-corrected chi connectivity index (χ4v) is 5.53. The van der Waals surface area contributed by atoms with Gasteiger partial charge < -0.3 is 4.74 Å². The highest BCUT2D eigenvalue weighted by Gasteiger charge is 2.42. The Kier molecular flexibility index (Phi) is 7.14. The van der Waals surface area contributed by atoms with Crippen LogP contribution in [0.4, 0.5) is 0 Å². The summed E-state index contributed by atoms with van der Waals surface area (Å²) in [5.74, 6) is 2.60. The average Bonchev–Trinajstić information content (AvgIpc) is 3.45. The molecule has 1 saturated carbocycles. The van der Waals surface area contributed by atoms with Crippen LogP contribution in [0.15, 0.2) is 42.5 Å². The minimum Gasteiger partial charge on any atom is -0.482 e. The van der Waals surface area contributed by atoms with Crippen LogP contribution in [-0.2, 0) is 0 Å². The summed E-state index contributed by atoms with van der Waals surface area (Å²) in [7, 11) is 0. The predicted octanol–water partition coefficient (Wildman–Crippen LogP) is 9.62. The van der Waals surface area contributed by atoms with Crippen LogP contribution in [-0.4, -0.2) is 5.60 Å². The van der Waals surface area contributed by atoms with Crippen molar-refractivity contribution in [1.82, 2.24) is 0 Å². The quantitative estimate of drug-likeness (QED) is 0.331. The third-order valence-corrected chi connectivity index (χ3v) is 6.54. The lowest BCUT2D eigenvalue weighted by molar-refractivity contribution is 0.161. The number of benzene rings is 3. The highest BCUT2D eigenvalue weighted by molar-refractivity contribution is 6.14. The smallest absolute Gasteiger partial charge is 0.136 e. The summed E-state index contributed by atoms with van der Waals surface area (Å²) < 4.78 is 6.59. The molecule has 3 aromatic rings. The maximum absolute atomic E-state index is 6.59. The van der Waals surface area contributed by atoms with Gasteiger partial charge >= 0.3 is 0 Å². The van der Waals surface area contributed by atoms with Crippen LogP contribution in [0.3, 0.4) is 0 Å². The van der Waals surface area contributed by atoms with Crippen molar-refractivity contribution in [2.24, 2.45) is 0 Å². The molecule has 1 aliphatic heterocycles. The molecule has 6 rings (SSSR count). The second-order valence-electron chi connectivity index (χ2n) is 8.53. The Bertz CT molecular complexity index is 1090. The predicted molar refractivity (Wildman–Crippen MR) is 139 cm³/mol. The van der Waals surface area contributed by atoms with Gasteiger partial charge in [-0.25, -0.2) is 0 Å². The van der Waals surface area contributed by atoms with Crippen molar-refractivity contribution in [3.8, 4) is 5.75 Å². The van der Waals surface area contributed by atoms with Gasteiger partial charge in [0.2, 0.25) is 0 Å². The second-order valence-corrected chi connectivity index (χ2v) is 8.53. The van der Waals surface area contributed by atoms with E-state index in [1.54, 1.807) is 11.1 Å². The molecule has 3 aromatic carbocycles. The Morgan fingerprint density at radius 1 is 0.774 bits per heavy atom. The molecule has 1 fully saturated rings. The van der Waals surface area contributed by atoms with E-state index in [1.807, 2.05) is 41.5 Å². The molecule has 166 valence electrons. The van der Waals surface area contributed by atoms with Gasteiger partial charge in [-0.05, 0) is 78.3 Å². The molecular formula is C30H40O. The van der Waals surface area contributed by atoms with Gasteiger partial charge in [-0.3, -0.25) is 0 Å². The summed E-state index contributed by atoms with van der Waals surface area (Å²) in [5.41, 5.74) is 4.35. The molecule has 1 heteroatoms. The third kappa shape index (κ3) is 3.77. The van der Waals surface area contributed by atoms with Crippen LogP contribution >= 0.6 is 0 Å². The highest BCUT2D eigenvalue weighted by Crippen LogP contribution is 2.59. The first kappa shape index (κ1) is 23.4. The van der Waals surface area contributed by atoms with Crippen molar-refractivity contribution >= 4 is 27.6 Å². The molecule has 0 amide bonds. The Morgan fingerprint density at radius 2 is 1.42 bits per heavy atom. The normalized spacial score (nSPS) is 20.9. The fraction of sp³-hybridized carbons (Fsp3) is 0.467. The van der Waals surface area contributed by atoms with Crippen molar-refractivity contribution in [3.05, 3.63) is 59.2 Å². The minimum atomic E-state index is -0.247. The number of hydrogen-bond donors (Lipinski definition) is 0. The molecule has 0 saturated heterocycles. The minimum absolute atomic E-state index is 0.247. The lowest BCUT2D eigenvalue weighted by Crippen LogP contribution is -2.28. The zero-order valence-corrected chi connectivity index (χ0v) is 20.8. The second kappa shape index (κ2) is 9.47. The number of ether oxygens (including phenoxy) is 1. The average molecular weight is 417 g/mol. The molecule has 3 aliphatic rings. The first-order valence-electron chi connectivity index (χ1n) is 12.5. The summed E-state index contributed by atoms with van der Waals surface area (Å²) in [5, 5.41) is 5.40. The Morgan fingerprint density at radius 3 is 2.13 bits per heavy atom. The summed E-state index contributed by atoms with van der Waals surface area (Å²) in [6.45, 7) is 16.3. The van der Waals surface area contributed by atoms with Gasteiger partial charge in [0.05, 0.1) is 0 Å². The summed E-state index contributed by atoms with van der Waals surface area (Å²) in [6.07, 6.45) is 8.62. The van der Waals surface area contributed by atoms with Crippen LogP contribution < -0.4 is 4.74 Å². The first-order chi connectivity index (χ1) is 15.1. The van der Waals surface area contributed by atoms with Gasteiger partial charge in [0.25, 0.3) is 0 Å². The number of rotatable bonds is 0. The standard InChI is InChI=1S/C24H22O.3C2H6/c1-24(2)12-11-19-21-16-8-7-15(13-16)20(21)18-10-9-14-5-3-4-6-17(14)22(18)23(19)25-24;3*1-2/h3-6,9-12,15-16H,7-8,13H2,1-2H3;3*1-2H3. The Balaban J connectivity index is 0.000000421. The van der Waals surface area contributed by atoms with Crippen LogP contribution in [0.25, 0.3) is 27.6 Å². The number of fused-ring (bicyclic) bond motifs is 12. The molecule has 2 bridgehead atoms. The molecule has 2 unspecified atom stereocenters. The lowest BCUT2D eigenvalue weighted by Gasteiger charge is -2.32. The van der Waals surface area contributed by atoms with Crippen molar-refractivity contribution in [2.75, 3.05) is 0 Å². The van der Waals surface area contributed by atoms with Gasteiger partial charge in [-0.2, -0.15) is 0 Å². The maximum Gasteiger partial charge on any atom is 0.136 e. The highest BCUT2D eigenvalue weighted by atomic mass is 16.5. The van der Waals surface area contributed by atoms with Crippen molar-refractivity contribution in [2.45, 2.75) is 92.1 Å². The van der Waals surface area contributed by atoms with Gasteiger partial charge in [-0.15, -0.1) is 0 Å². The van der Waals surface area contributed by atoms with E-state index in [-0.39, 0.29) is 5.60 Å². The topological polar surface area (TPSA) is 9.23 Å². The molecule has 0 N–H and O–H groups in total. The fourth-order valence-electron chi connectivity index (χ4n) is 5.53. The monoisotopic (exact) mass is 416 g/mol. The molecule has 31 heavy (non-hydrogen) atoms. The SMILES string of the molecule is CC.CC.CC.CC1(C)C=Cc2c3c(c4ccc5ccccc5c4c2O1)C1CCC3C1. The van der Waals surface area contributed by atoms with Gasteiger partial charge in [0.1, 0.15) is 11.4 Å². The van der Waals surface area contributed by atoms with E-state index in [9.17, 15) is 0 Å². The van der Waals surface area contributed by atoms with Gasteiger partial charge in [-0.1, -0.05) is 84.0 Å². The van der Waals surface area contributed by atoms with Crippen molar-refractivity contribution < 1.29 is 4.74 Å². The van der Waals surface area contributed by atoms with E-state index < -0.39 is 0 Å². The Labute approximate surface area is 189 Å². The molecule has 1 nitrogen and oxygen atoms in total. The Hall–Kier alpha value is -2.28. The molecule has 2 aliphatic carbocycles. The molecule has 0 spiro atoms. The maximum atomic E-state index is 6.59. The zero-order chi connectivity index (χ0) is 22.8. The van der Waals surface area contributed by atoms with Crippen molar-refractivity contribution in [3.63, 3.8) is 0 Å². The van der Waals surface area contributed by atoms with Gasteiger partial charge in [0, 0.05) is 10.9 Å². The molecule has 0 aromatic heterocycles. The summed E-state index contributed by atoms with van der Waals surface area (Å²) in [4.78, 5) is 0. The van der Waals surface area contributed by atoms with E-state index in [0.29, 0.717) is 0 Å².